The molecule has 2 atom stereocenters. The number of benzene rings is 1. The molecule has 0 N–H and O–H groups in total. The lowest BCUT2D eigenvalue weighted by Gasteiger charge is -2.29. The van der Waals surface area contributed by atoms with Gasteiger partial charge in [-0.3, -0.25) is 0 Å². The molecular weight excluding hydrogens is 271 g/mol. The molecule has 2 nitrogen and oxygen atoms in total. The predicted octanol–water partition coefficient (Wildman–Crippen LogP) is 4.42. The quantitative estimate of drug-likeness (QED) is 0.764. The third kappa shape index (κ3) is 3.53. The van der Waals surface area contributed by atoms with Crippen molar-refractivity contribution < 1.29 is 9.47 Å². The number of rotatable bonds is 4. The van der Waals surface area contributed by atoms with Crippen LogP contribution < -0.4 is 4.74 Å². The van der Waals surface area contributed by atoms with Gasteiger partial charge in [0.2, 0.25) is 0 Å². The van der Waals surface area contributed by atoms with Crippen LogP contribution in [0, 0.1) is 0 Å². The standard InChI is InChI=1S/C14H18Cl2O2/c1-17-12-3-2-4-13(8-12)18-14-6-5-11(16)7-10(14)9-15/h5-7,12-13H,2-4,8-9H2,1H3. The summed E-state index contributed by atoms with van der Waals surface area (Å²) in [5.74, 6) is 1.26. The molecule has 0 saturated heterocycles. The maximum Gasteiger partial charge on any atom is 0.124 e. The number of halogens is 2. The Labute approximate surface area is 118 Å². The summed E-state index contributed by atoms with van der Waals surface area (Å²) in [6.07, 6.45) is 4.82. The molecule has 2 rings (SSSR count). The first-order chi connectivity index (χ1) is 8.72. The van der Waals surface area contributed by atoms with Crippen LogP contribution in [0.4, 0.5) is 0 Å². The summed E-state index contributed by atoms with van der Waals surface area (Å²) in [5, 5.41) is 0.691. The second kappa shape index (κ2) is 6.65. The van der Waals surface area contributed by atoms with E-state index in [1.165, 1.54) is 0 Å². The fourth-order valence-corrected chi connectivity index (χ4v) is 2.77. The second-order valence-electron chi connectivity index (χ2n) is 4.65. The van der Waals surface area contributed by atoms with E-state index in [1.807, 2.05) is 18.2 Å². The summed E-state index contributed by atoms with van der Waals surface area (Å²) >= 11 is 11.9. The van der Waals surface area contributed by atoms with E-state index in [-0.39, 0.29) is 6.10 Å². The van der Waals surface area contributed by atoms with Crippen molar-refractivity contribution in [3.63, 3.8) is 0 Å². The zero-order chi connectivity index (χ0) is 13.0. The van der Waals surface area contributed by atoms with Gasteiger partial charge >= 0.3 is 0 Å². The molecule has 0 bridgehead atoms. The number of methoxy groups -OCH3 is 1. The van der Waals surface area contributed by atoms with Crippen LogP contribution in [-0.2, 0) is 10.6 Å². The van der Waals surface area contributed by atoms with Gasteiger partial charge in [0.05, 0.1) is 12.0 Å². The molecule has 1 aliphatic carbocycles. The summed E-state index contributed by atoms with van der Waals surface area (Å²) in [5.41, 5.74) is 0.948. The minimum absolute atomic E-state index is 0.215. The van der Waals surface area contributed by atoms with E-state index in [4.69, 9.17) is 32.7 Å². The highest BCUT2D eigenvalue weighted by molar-refractivity contribution is 6.30. The van der Waals surface area contributed by atoms with E-state index in [2.05, 4.69) is 0 Å². The van der Waals surface area contributed by atoms with Gasteiger partial charge in [0.15, 0.2) is 0 Å². The number of ether oxygens (including phenoxy) is 2. The van der Waals surface area contributed by atoms with E-state index in [1.54, 1.807) is 7.11 Å². The van der Waals surface area contributed by atoms with E-state index >= 15 is 0 Å². The highest BCUT2D eigenvalue weighted by atomic mass is 35.5. The van der Waals surface area contributed by atoms with Gasteiger partial charge in [-0.25, -0.2) is 0 Å². The largest absolute Gasteiger partial charge is 0.490 e. The maximum atomic E-state index is 6.04. The SMILES string of the molecule is COC1CCCC(Oc2ccc(Cl)cc2CCl)C1. The molecule has 0 heterocycles. The summed E-state index contributed by atoms with van der Waals surface area (Å²) in [4.78, 5) is 0. The summed E-state index contributed by atoms with van der Waals surface area (Å²) in [7, 11) is 1.76. The number of alkyl halides is 1. The average Bonchev–Trinajstić information content (AvgIpc) is 2.41. The van der Waals surface area contributed by atoms with Crippen LogP contribution in [0.3, 0.4) is 0 Å². The highest BCUT2D eigenvalue weighted by Gasteiger charge is 2.23. The Bertz CT molecular complexity index is 395. The monoisotopic (exact) mass is 288 g/mol. The fourth-order valence-electron chi connectivity index (χ4n) is 2.37. The van der Waals surface area contributed by atoms with Gasteiger partial charge in [-0.05, 0) is 37.5 Å². The molecule has 1 saturated carbocycles. The molecule has 0 aromatic heterocycles. The smallest absolute Gasteiger partial charge is 0.124 e. The topological polar surface area (TPSA) is 18.5 Å². The molecule has 1 aromatic rings. The van der Waals surface area contributed by atoms with Crippen molar-refractivity contribution in [2.24, 2.45) is 0 Å². The zero-order valence-electron chi connectivity index (χ0n) is 10.5. The number of hydrogen-bond donors (Lipinski definition) is 0. The van der Waals surface area contributed by atoms with E-state index in [0.29, 0.717) is 17.0 Å². The van der Waals surface area contributed by atoms with Gasteiger partial charge in [-0.2, -0.15) is 0 Å². The van der Waals surface area contributed by atoms with Gasteiger partial charge in [0, 0.05) is 24.1 Å². The van der Waals surface area contributed by atoms with Crippen LogP contribution in [0.1, 0.15) is 31.2 Å². The zero-order valence-corrected chi connectivity index (χ0v) is 12.0. The molecule has 0 radical (unpaired) electrons. The lowest BCUT2D eigenvalue weighted by Crippen LogP contribution is -2.29. The average molecular weight is 289 g/mol. The molecule has 0 spiro atoms. The first-order valence-electron chi connectivity index (χ1n) is 6.26. The first kappa shape index (κ1) is 14.0. The molecule has 100 valence electrons. The predicted molar refractivity (Wildman–Crippen MR) is 74.7 cm³/mol. The lowest BCUT2D eigenvalue weighted by molar-refractivity contribution is 0.0207. The number of hydrogen-bond acceptors (Lipinski definition) is 2. The molecule has 0 aliphatic heterocycles. The molecule has 0 amide bonds. The van der Waals surface area contributed by atoms with Crippen molar-refractivity contribution in [3.8, 4) is 5.75 Å². The second-order valence-corrected chi connectivity index (χ2v) is 5.35. The summed E-state index contributed by atoms with van der Waals surface area (Å²) < 4.78 is 11.4. The fraction of sp³-hybridized carbons (Fsp3) is 0.571. The molecule has 1 aromatic carbocycles. The molecule has 1 aliphatic rings. The summed E-state index contributed by atoms with van der Waals surface area (Å²) in [6, 6.07) is 5.60. The minimum atomic E-state index is 0.215. The van der Waals surface area contributed by atoms with Gasteiger partial charge in [-0.15, -0.1) is 11.6 Å². The third-order valence-corrected chi connectivity index (χ3v) is 3.89. The van der Waals surface area contributed by atoms with Crippen LogP contribution in [0.2, 0.25) is 5.02 Å². The molecular formula is C14H18Cl2O2. The van der Waals surface area contributed by atoms with Crippen LogP contribution in [0.15, 0.2) is 18.2 Å². The Kier molecular flexibility index (Phi) is 5.16. The van der Waals surface area contributed by atoms with Crippen molar-refractivity contribution >= 4 is 23.2 Å². The van der Waals surface area contributed by atoms with Crippen molar-refractivity contribution in [1.29, 1.82) is 0 Å². The molecule has 1 fully saturated rings. The molecule has 2 unspecified atom stereocenters. The van der Waals surface area contributed by atoms with Crippen molar-refractivity contribution in [2.75, 3.05) is 7.11 Å². The Balaban J connectivity index is 2.04. The summed E-state index contributed by atoms with van der Waals surface area (Å²) in [6.45, 7) is 0. The first-order valence-corrected chi connectivity index (χ1v) is 7.18. The Hall–Kier alpha value is -0.440. The Morgan fingerprint density at radius 1 is 1.28 bits per heavy atom. The van der Waals surface area contributed by atoms with E-state index < -0.39 is 0 Å². The normalized spacial score (nSPS) is 23.9. The van der Waals surface area contributed by atoms with Crippen LogP contribution in [-0.4, -0.2) is 19.3 Å². The van der Waals surface area contributed by atoms with E-state index in [0.717, 1.165) is 37.0 Å². The molecule has 4 heteroatoms. The Morgan fingerprint density at radius 3 is 2.78 bits per heavy atom. The van der Waals surface area contributed by atoms with Gasteiger partial charge in [0.25, 0.3) is 0 Å². The van der Waals surface area contributed by atoms with Gasteiger partial charge < -0.3 is 9.47 Å². The van der Waals surface area contributed by atoms with Gasteiger partial charge in [0.1, 0.15) is 11.9 Å². The van der Waals surface area contributed by atoms with Gasteiger partial charge in [-0.1, -0.05) is 11.6 Å². The van der Waals surface area contributed by atoms with Crippen LogP contribution >= 0.6 is 23.2 Å². The van der Waals surface area contributed by atoms with Crippen molar-refractivity contribution in [1.82, 2.24) is 0 Å². The lowest BCUT2D eigenvalue weighted by atomic mass is 9.95. The third-order valence-electron chi connectivity index (χ3n) is 3.37. The van der Waals surface area contributed by atoms with Crippen LogP contribution in [0.5, 0.6) is 5.75 Å². The molecule has 18 heavy (non-hydrogen) atoms. The highest BCUT2D eigenvalue weighted by Crippen LogP contribution is 2.29. The van der Waals surface area contributed by atoms with Crippen molar-refractivity contribution in [2.45, 2.75) is 43.8 Å². The van der Waals surface area contributed by atoms with E-state index in [9.17, 15) is 0 Å². The maximum absolute atomic E-state index is 6.04. The Morgan fingerprint density at radius 2 is 2.06 bits per heavy atom. The minimum Gasteiger partial charge on any atom is -0.490 e. The van der Waals surface area contributed by atoms with Crippen molar-refractivity contribution in [3.05, 3.63) is 28.8 Å². The van der Waals surface area contributed by atoms with Crippen LogP contribution in [0.25, 0.3) is 0 Å².